The third-order valence-electron chi connectivity index (χ3n) is 4.04. The van der Waals surface area contributed by atoms with E-state index in [0.717, 1.165) is 43.1 Å². The number of benzene rings is 1. The van der Waals surface area contributed by atoms with Gasteiger partial charge in [0.25, 0.3) is 5.91 Å². The number of carbonyl (C=O) groups is 1. The Morgan fingerprint density at radius 1 is 1.42 bits per heavy atom. The number of primary amides is 1. The maximum Gasteiger partial charge on any atom is 0.250 e. The molecule has 1 aromatic carbocycles. The van der Waals surface area contributed by atoms with Crippen molar-refractivity contribution in [3.8, 4) is 0 Å². The van der Waals surface area contributed by atoms with Crippen LogP contribution in [0, 0.1) is 5.92 Å². The van der Waals surface area contributed by atoms with Crippen molar-refractivity contribution in [2.24, 2.45) is 11.7 Å². The molecule has 1 fully saturated rings. The highest BCUT2D eigenvalue weighted by Crippen LogP contribution is 2.28. The van der Waals surface area contributed by atoms with Crippen LogP contribution in [0.5, 0.6) is 0 Å². The average Bonchev–Trinajstić information content (AvgIpc) is 2.46. The van der Waals surface area contributed by atoms with Crippen LogP contribution in [-0.4, -0.2) is 24.1 Å². The zero-order valence-electron chi connectivity index (χ0n) is 11.4. The number of hydrogen-bond acceptors (Lipinski definition) is 3. The van der Waals surface area contributed by atoms with Crippen molar-refractivity contribution in [2.45, 2.75) is 32.8 Å². The molecule has 2 rings (SSSR count). The second-order valence-corrected chi connectivity index (χ2v) is 5.21. The van der Waals surface area contributed by atoms with Gasteiger partial charge in [0.2, 0.25) is 0 Å². The molecule has 1 aliphatic rings. The smallest absolute Gasteiger partial charge is 0.250 e. The summed E-state index contributed by atoms with van der Waals surface area (Å²) in [6.45, 7) is 4.10. The number of rotatable bonds is 4. The number of amides is 1. The van der Waals surface area contributed by atoms with Crippen LogP contribution in [-0.2, 0) is 6.61 Å². The number of hydrogen-bond donors (Lipinski definition) is 2. The quantitative estimate of drug-likeness (QED) is 0.871. The van der Waals surface area contributed by atoms with Gasteiger partial charge in [-0.15, -0.1) is 0 Å². The Morgan fingerprint density at radius 2 is 2.11 bits per heavy atom. The lowest BCUT2D eigenvalue weighted by molar-refractivity contribution is 0.100. The molecule has 0 unspecified atom stereocenters. The van der Waals surface area contributed by atoms with Crippen molar-refractivity contribution >= 4 is 11.6 Å². The van der Waals surface area contributed by atoms with Crippen LogP contribution in [0.4, 0.5) is 5.69 Å². The van der Waals surface area contributed by atoms with Crippen LogP contribution in [0.25, 0.3) is 0 Å². The van der Waals surface area contributed by atoms with E-state index in [1.807, 2.05) is 12.1 Å². The summed E-state index contributed by atoms with van der Waals surface area (Å²) in [5.41, 5.74) is 7.59. The molecular weight excluding hydrogens is 240 g/mol. The van der Waals surface area contributed by atoms with Crippen molar-refractivity contribution in [1.29, 1.82) is 0 Å². The first-order chi connectivity index (χ1) is 9.15. The Labute approximate surface area is 114 Å². The highest BCUT2D eigenvalue weighted by atomic mass is 16.3. The van der Waals surface area contributed by atoms with Gasteiger partial charge >= 0.3 is 0 Å². The summed E-state index contributed by atoms with van der Waals surface area (Å²) in [4.78, 5) is 13.8. The number of anilines is 1. The van der Waals surface area contributed by atoms with Gasteiger partial charge in [-0.1, -0.05) is 19.4 Å². The minimum absolute atomic E-state index is 0.0710. The average molecular weight is 262 g/mol. The monoisotopic (exact) mass is 262 g/mol. The number of nitrogens with two attached hydrogens (primary N) is 1. The fourth-order valence-corrected chi connectivity index (χ4v) is 2.74. The SMILES string of the molecule is CCC1CCN(c2ccc(CO)cc2C(N)=O)CC1. The predicted molar refractivity (Wildman–Crippen MR) is 76.1 cm³/mol. The molecule has 4 heteroatoms. The maximum absolute atomic E-state index is 11.6. The van der Waals surface area contributed by atoms with Crippen LogP contribution in [0.15, 0.2) is 18.2 Å². The Balaban J connectivity index is 2.22. The molecule has 1 heterocycles. The summed E-state index contributed by atoms with van der Waals surface area (Å²) >= 11 is 0. The van der Waals surface area contributed by atoms with Gasteiger partial charge in [0.05, 0.1) is 12.2 Å². The second kappa shape index (κ2) is 6.06. The molecule has 0 spiro atoms. The number of aliphatic hydroxyl groups excluding tert-OH is 1. The minimum Gasteiger partial charge on any atom is -0.392 e. The van der Waals surface area contributed by atoms with Crippen molar-refractivity contribution in [3.05, 3.63) is 29.3 Å². The number of carbonyl (C=O) groups excluding carboxylic acids is 1. The van der Waals surface area contributed by atoms with Crippen molar-refractivity contribution in [2.75, 3.05) is 18.0 Å². The van der Waals surface area contributed by atoms with Gasteiger partial charge in [-0.25, -0.2) is 0 Å². The standard InChI is InChI=1S/C15H22N2O2/c1-2-11-5-7-17(8-6-11)14-4-3-12(10-18)9-13(14)15(16)19/h3-4,9,11,18H,2,5-8,10H2,1H3,(H2,16,19). The predicted octanol–water partition coefficient (Wildman–Crippen LogP) is 1.90. The normalized spacial score (nSPS) is 16.6. The topological polar surface area (TPSA) is 66.6 Å². The summed E-state index contributed by atoms with van der Waals surface area (Å²) in [7, 11) is 0. The van der Waals surface area contributed by atoms with E-state index in [0.29, 0.717) is 5.56 Å². The van der Waals surface area contributed by atoms with Gasteiger partial charge in [-0.05, 0) is 36.5 Å². The first kappa shape index (κ1) is 13.9. The number of aliphatic hydroxyl groups is 1. The van der Waals surface area contributed by atoms with Gasteiger partial charge in [-0.2, -0.15) is 0 Å². The van der Waals surface area contributed by atoms with E-state index in [1.165, 1.54) is 6.42 Å². The zero-order valence-corrected chi connectivity index (χ0v) is 11.4. The molecule has 4 nitrogen and oxygen atoms in total. The number of nitrogens with zero attached hydrogens (tertiary/aromatic N) is 1. The highest BCUT2D eigenvalue weighted by Gasteiger charge is 2.21. The number of piperidine rings is 1. The van der Waals surface area contributed by atoms with Gasteiger partial charge in [0.1, 0.15) is 0 Å². The molecule has 19 heavy (non-hydrogen) atoms. The van der Waals surface area contributed by atoms with Gasteiger partial charge in [0, 0.05) is 18.8 Å². The summed E-state index contributed by atoms with van der Waals surface area (Å²) in [5.74, 6) is 0.368. The van der Waals surface area contributed by atoms with Crippen LogP contribution < -0.4 is 10.6 Å². The van der Waals surface area contributed by atoms with Gasteiger partial charge < -0.3 is 15.7 Å². The third kappa shape index (κ3) is 3.07. The summed E-state index contributed by atoms with van der Waals surface area (Å²) in [6.07, 6.45) is 3.55. The largest absolute Gasteiger partial charge is 0.392 e. The van der Waals surface area contributed by atoms with E-state index in [4.69, 9.17) is 10.8 Å². The third-order valence-corrected chi connectivity index (χ3v) is 4.04. The summed E-state index contributed by atoms with van der Waals surface area (Å²) in [5, 5.41) is 9.15. The van der Waals surface area contributed by atoms with E-state index >= 15 is 0 Å². The van der Waals surface area contributed by atoms with Crippen LogP contribution in [0.2, 0.25) is 0 Å². The molecule has 0 radical (unpaired) electrons. The van der Waals surface area contributed by atoms with Crippen LogP contribution in [0.3, 0.4) is 0 Å². The Kier molecular flexibility index (Phi) is 4.43. The van der Waals surface area contributed by atoms with E-state index in [2.05, 4.69) is 11.8 Å². The van der Waals surface area contributed by atoms with Crippen molar-refractivity contribution in [3.63, 3.8) is 0 Å². The fraction of sp³-hybridized carbons (Fsp3) is 0.533. The molecule has 0 saturated carbocycles. The molecule has 0 atom stereocenters. The van der Waals surface area contributed by atoms with E-state index in [1.54, 1.807) is 6.07 Å². The van der Waals surface area contributed by atoms with Gasteiger partial charge in [0.15, 0.2) is 0 Å². The molecule has 0 aliphatic carbocycles. The fourth-order valence-electron chi connectivity index (χ4n) is 2.74. The van der Waals surface area contributed by atoms with Crippen molar-refractivity contribution < 1.29 is 9.90 Å². The molecule has 0 aromatic heterocycles. The van der Waals surface area contributed by atoms with E-state index < -0.39 is 5.91 Å². The molecule has 1 amide bonds. The Bertz CT molecular complexity index is 451. The lowest BCUT2D eigenvalue weighted by atomic mass is 9.93. The summed E-state index contributed by atoms with van der Waals surface area (Å²) < 4.78 is 0. The van der Waals surface area contributed by atoms with E-state index in [-0.39, 0.29) is 6.61 Å². The highest BCUT2D eigenvalue weighted by molar-refractivity contribution is 5.98. The lowest BCUT2D eigenvalue weighted by Crippen LogP contribution is -2.35. The second-order valence-electron chi connectivity index (χ2n) is 5.21. The molecular formula is C15H22N2O2. The maximum atomic E-state index is 11.6. The Hall–Kier alpha value is -1.55. The van der Waals surface area contributed by atoms with Crippen molar-refractivity contribution in [1.82, 2.24) is 0 Å². The van der Waals surface area contributed by atoms with Gasteiger partial charge in [-0.3, -0.25) is 4.79 Å². The van der Waals surface area contributed by atoms with Crippen LogP contribution in [0.1, 0.15) is 42.1 Å². The lowest BCUT2D eigenvalue weighted by Gasteiger charge is -2.34. The minimum atomic E-state index is -0.428. The molecule has 104 valence electrons. The molecule has 1 aromatic rings. The zero-order chi connectivity index (χ0) is 13.8. The molecule has 1 saturated heterocycles. The first-order valence-electron chi connectivity index (χ1n) is 6.94. The van der Waals surface area contributed by atoms with Crippen LogP contribution >= 0.6 is 0 Å². The van der Waals surface area contributed by atoms with E-state index in [9.17, 15) is 4.79 Å². The Morgan fingerprint density at radius 3 is 2.63 bits per heavy atom. The molecule has 3 N–H and O–H groups in total. The molecule has 0 bridgehead atoms. The summed E-state index contributed by atoms with van der Waals surface area (Å²) in [6, 6.07) is 5.45. The molecule has 1 aliphatic heterocycles. The first-order valence-corrected chi connectivity index (χ1v) is 6.94.